The zero-order valence-electron chi connectivity index (χ0n) is 18.2. The van der Waals surface area contributed by atoms with E-state index in [1.807, 2.05) is 46.0 Å². The van der Waals surface area contributed by atoms with Gasteiger partial charge in [-0.2, -0.15) is 4.98 Å². The fourth-order valence-corrected chi connectivity index (χ4v) is 3.97. The fourth-order valence-electron chi connectivity index (χ4n) is 3.97. The normalized spacial score (nSPS) is 14.4. The number of nitrogens with zero attached hydrogens (tertiary/aromatic N) is 4. The molecule has 0 spiro atoms. The number of carbonyl (C=O) groups excluding carboxylic acids is 2. The molecule has 0 radical (unpaired) electrons. The van der Waals surface area contributed by atoms with Crippen molar-refractivity contribution in [2.24, 2.45) is 0 Å². The Morgan fingerprint density at radius 1 is 1.12 bits per heavy atom. The number of rotatable bonds is 7. The average molecular weight is 438 g/mol. The molecule has 9 nitrogen and oxygen atoms in total. The monoisotopic (exact) mass is 438 g/mol. The average Bonchev–Trinajstić information content (AvgIpc) is 3.52. The molecule has 0 unspecified atom stereocenters. The van der Waals surface area contributed by atoms with Crippen molar-refractivity contribution in [1.82, 2.24) is 19.6 Å². The van der Waals surface area contributed by atoms with Crippen molar-refractivity contribution in [3.63, 3.8) is 0 Å². The lowest BCUT2D eigenvalue weighted by Gasteiger charge is -2.33. The van der Waals surface area contributed by atoms with E-state index in [9.17, 15) is 9.59 Å². The third-order valence-electron chi connectivity index (χ3n) is 5.75. The summed E-state index contributed by atoms with van der Waals surface area (Å²) in [4.78, 5) is 30.8. The smallest absolute Gasteiger partial charge is 0.354 e. The van der Waals surface area contributed by atoms with E-state index < -0.39 is 0 Å². The lowest BCUT2D eigenvalue weighted by atomic mass is 10.0. The molecule has 0 bridgehead atoms. The van der Waals surface area contributed by atoms with E-state index in [0.717, 1.165) is 24.2 Å². The molecule has 0 atom stereocenters. The second-order valence-corrected chi connectivity index (χ2v) is 7.64. The molecule has 1 aromatic carbocycles. The van der Waals surface area contributed by atoms with Crippen molar-refractivity contribution in [2.45, 2.75) is 31.7 Å². The Labute approximate surface area is 185 Å². The summed E-state index contributed by atoms with van der Waals surface area (Å²) in [5, 5.41) is 4.01. The molecule has 4 rings (SSSR count). The van der Waals surface area contributed by atoms with Crippen LogP contribution in [0.4, 0.5) is 0 Å². The summed E-state index contributed by atoms with van der Waals surface area (Å²) >= 11 is 0. The van der Waals surface area contributed by atoms with E-state index in [2.05, 4.69) is 10.1 Å². The number of aryl methyl sites for hydroxylation is 1. The lowest BCUT2D eigenvalue weighted by molar-refractivity contribution is -0.132. The summed E-state index contributed by atoms with van der Waals surface area (Å²) in [7, 11) is 2.99. The SMILES string of the molecule is COC(=O)c1cccn1C1CCN(C(=O)CCc2nc(-c3ccc(OC)cc3)no2)CC1. The van der Waals surface area contributed by atoms with E-state index in [1.54, 1.807) is 13.2 Å². The highest BCUT2D eigenvalue weighted by atomic mass is 16.5. The summed E-state index contributed by atoms with van der Waals surface area (Å²) in [6.45, 7) is 1.28. The summed E-state index contributed by atoms with van der Waals surface area (Å²) in [5.74, 6) is 1.40. The van der Waals surface area contributed by atoms with Crippen LogP contribution in [0.3, 0.4) is 0 Å². The van der Waals surface area contributed by atoms with Gasteiger partial charge in [0, 0.05) is 43.7 Å². The zero-order chi connectivity index (χ0) is 22.5. The van der Waals surface area contributed by atoms with Crippen LogP contribution in [-0.2, 0) is 16.0 Å². The molecule has 2 aromatic heterocycles. The van der Waals surface area contributed by atoms with E-state index in [-0.39, 0.29) is 17.9 Å². The Morgan fingerprint density at radius 2 is 1.88 bits per heavy atom. The Morgan fingerprint density at radius 3 is 2.56 bits per heavy atom. The number of hydrogen-bond donors (Lipinski definition) is 0. The number of esters is 1. The van der Waals surface area contributed by atoms with Crippen molar-refractivity contribution < 1.29 is 23.6 Å². The highest BCUT2D eigenvalue weighted by Crippen LogP contribution is 2.26. The van der Waals surface area contributed by atoms with Gasteiger partial charge in [0.15, 0.2) is 0 Å². The maximum Gasteiger partial charge on any atom is 0.354 e. The molecular weight excluding hydrogens is 412 g/mol. The lowest BCUT2D eigenvalue weighted by Crippen LogP contribution is -2.39. The summed E-state index contributed by atoms with van der Waals surface area (Å²) in [6.07, 6.45) is 4.17. The Bertz CT molecular complexity index is 1060. The van der Waals surface area contributed by atoms with Crippen LogP contribution in [0.1, 0.15) is 41.7 Å². The molecular formula is C23H26N4O5. The van der Waals surface area contributed by atoms with E-state index in [4.69, 9.17) is 14.0 Å². The molecule has 1 aliphatic rings. The van der Waals surface area contributed by atoms with Gasteiger partial charge in [-0.05, 0) is 49.2 Å². The van der Waals surface area contributed by atoms with Gasteiger partial charge in [0.05, 0.1) is 14.2 Å². The van der Waals surface area contributed by atoms with Crippen LogP contribution in [0, 0.1) is 0 Å². The van der Waals surface area contributed by atoms with Crippen molar-refractivity contribution in [1.29, 1.82) is 0 Å². The summed E-state index contributed by atoms with van der Waals surface area (Å²) in [5.41, 5.74) is 1.37. The molecule has 3 aromatic rings. The van der Waals surface area contributed by atoms with Gasteiger partial charge in [0.2, 0.25) is 17.6 Å². The highest BCUT2D eigenvalue weighted by Gasteiger charge is 2.26. The number of hydrogen-bond acceptors (Lipinski definition) is 7. The predicted molar refractivity (Wildman–Crippen MR) is 115 cm³/mol. The number of aromatic nitrogens is 3. The molecule has 168 valence electrons. The molecule has 0 saturated carbocycles. The summed E-state index contributed by atoms with van der Waals surface area (Å²) in [6, 6.07) is 11.2. The van der Waals surface area contributed by atoms with Crippen molar-refractivity contribution in [2.75, 3.05) is 27.3 Å². The molecule has 0 aliphatic carbocycles. The quantitative estimate of drug-likeness (QED) is 0.523. The molecule has 1 fully saturated rings. The number of likely N-dealkylation sites (tertiary alicyclic amines) is 1. The minimum atomic E-state index is -0.345. The molecule has 1 saturated heterocycles. The first-order valence-electron chi connectivity index (χ1n) is 10.6. The largest absolute Gasteiger partial charge is 0.497 e. The van der Waals surface area contributed by atoms with E-state index >= 15 is 0 Å². The highest BCUT2D eigenvalue weighted by molar-refractivity contribution is 5.87. The zero-order valence-corrected chi connectivity index (χ0v) is 18.2. The van der Waals surface area contributed by atoms with Crippen molar-refractivity contribution in [3.8, 4) is 17.1 Å². The first-order chi connectivity index (χ1) is 15.6. The molecule has 32 heavy (non-hydrogen) atoms. The second-order valence-electron chi connectivity index (χ2n) is 7.64. The van der Waals surface area contributed by atoms with Crippen LogP contribution in [0.15, 0.2) is 47.1 Å². The minimum Gasteiger partial charge on any atom is -0.497 e. The minimum absolute atomic E-state index is 0.0633. The Kier molecular flexibility index (Phi) is 6.53. The van der Waals surface area contributed by atoms with Crippen LogP contribution >= 0.6 is 0 Å². The van der Waals surface area contributed by atoms with Crippen LogP contribution in [0.25, 0.3) is 11.4 Å². The van der Waals surface area contributed by atoms with Crippen LogP contribution < -0.4 is 4.74 Å². The van der Waals surface area contributed by atoms with Gasteiger partial charge in [-0.1, -0.05) is 5.16 Å². The van der Waals surface area contributed by atoms with Gasteiger partial charge < -0.3 is 23.5 Å². The number of piperidine rings is 1. The topological polar surface area (TPSA) is 99.7 Å². The van der Waals surface area contributed by atoms with E-state index in [0.29, 0.717) is 43.3 Å². The van der Waals surface area contributed by atoms with E-state index in [1.165, 1.54) is 7.11 Å². The predicted octanol–water partition coefficient (Wildman–Crippen LogP) is 3.13. The van der Waals surface area contributed by atoms with Crippen LogP contribution in [-0.4, -0.2) is 58.8 Å². The van der Waals surface area contributed by atoms with Gasteiger partial charge in [0.25, 0.3) is 0 Å². The third-order valence-corrected chi connectivity index (χ3v) is 5.75. The van der Waals surface area contributed by atoms with Gasteiger partial charge in [-0.25, -0.2) is 4.79 Å². The van der Waals surface area contributed by atoms with Gasteiger partial charge in [-0.3, -0.25) is 4.79 Å². The van der Waals surface area contributed by atoms with Crippen LogP contribution in [0.5, 0.6) is 5.75 Å². The maximum atomic E-state index is 12.7. The molecule has 9 heteroatoms. The molecule has 3 heterocycles. The number of methoxy groups -OCH3 is 2. The van der Waals surface area contributed by atoms with Gasteiger partial charge in [-0.15, -0.1) is 0 Å². The van der Waals surface area contributed by atoms with Crippen LogP contribution in [0.2, 0.25) is 0 Å². The number of amides is 1. The Hall–Kier alpha value is -3.62. The standard InChI is InChI=1S/C23H26N4O5/c1-30-18-7-5-16(6-8-18)22-24-20(32-25-22)9-10-21(28)26-14-11-17(12-15-26)27-13-3-4-19(27)23(29)31-2/h3-8,13,17H,9-12,14-15H2,1-2H3. The first kappa shape index (κ1) is 21.6. The summed E-state index contributed by atoms with van der Waals surface area (Å²) < 4.78 is 17.3. The molecule has 1 aliphatic heterocycles. The third kappa shape index (κ3) is 4.66. The fraction of sp³-hybridized carbons (Fsp3) is 0.391. The Balaban J connectivity index is 1.28. The molecule has 1 amide bonds. The number of benzene rings is 1. The second kappa shape index (κ2) is 9.67. The van der Waals surface area contributed by atoms with Crippen molar-refractivity contribution >= 4 is 11.9 Å². The number of ether oxygens (including phenoxy) is 2. The van der Waals surface area contributed by atoms with Gasteiger partial charge in [0.1, 0.15) is 11.4 Å². The first-order valence-corrected chi connectivity index (χ1v) is 10.6. The van der Waals surface area contributed by atoms with Gasteiger partial charge >= 0.3 is 5.97 Å². The van der Waals surface area contributed by atoms with Crippen molar-refractivity contribution in [3.05, 3.63) is 54.2 Å². The maximum absolute atomic E-state index is 12.7. The number of carbonyl (C=O) groups is 2. The molecule has 0 N–H and O–H groups in total.